The smallest absolute Gasteiger partial charge is 0.0612 e. The van der Waals surface area contributed by atoms with Gasteiger partial charge in [-0.1, -0.05) is 65.5 Å². The van der Waals surface area contributed by atoms with Crippen LogP contribution in [0.2, 0.25) is 0 Å². The maximum Gasteiger partial charge on any atom is 0.0612 e. The third-order valence-corrected chi connectivity index (χ3v) is 10.7. The van der Waals surface area contributed by atoms with Crippen LogP contribution in [0.25, 0.3) is 0 Å². The molecule has 30 heavy (non-hydrogen) atoms. The fraction of sp³-hybridized carbons (Fsp3) is 0.931. The SMILES string of the molecule is CCOC1CC[C@@]2(C)C(=CC[C@@H]3[C@@H]2CC[C@]2(C)C(C(C)CCCC(C)C)CC[C@@H]32)C1. The van der Waals surface area contributed by atoms with Gasteiger partial charge in [0.05, 0.1) is 6.10 Å². The monoisotopic (exact) mass is 414 g/mol. The average molecular weight is 415 g/mol. The lowest BCUT2D eigenvalue weighted by Crippen LogP contribution is -2.51. The first-order valence-electron chi connectivity index (χ1n) is 13.6. The normalized spacial score (nSPS) is 44.2. The molecule has 3 unspecified atom stereocenters. The summed E-state index contributed by atoms with van der Waals surface area (Å²) in [6, 6.07) is 0. The van der Waals surface area contributed by atoms with Gasteiger partial charge in [-0.15, -0.1) is 0 Å². The van der Waals surface area contributed by atoms with Gasteiger partial charge in [-0.05, 0) is 105 Å². The predicted molar refractivity (Wildman–Crippen MR) is 128 cm³/mol. The average Bonchev–Trinajstić information content (AvgIpc) is 3.05. The van der Waals surface area contributed by atoms with Crippen molar-refractivity contribution >= 4 is 0 Å². The molecule has 8 atom stereocenters. The molecular formula is C29H50O. The van der Waals surface area contributed by atoms with Crippen molar-refractivity contribution in [3.8, 4) is 0 Å². The maximum absolute atomic E-state index is 6.04. The van der Waals surface area contributed by atoms with Gasteiger partial charge in [0, 0.05) is 6.61 Å². The quantitative estimate of drug-likeness (QED) is 0.380. The number of allylic oxidation sites excluding steroid dienone is 1. The second-order valence-corrected chi connectivity index (χ2v) is 12.6. The fourth-order valence-electron chi connectivity index (χ4n) is 9.03. The molecule has 0 radical (unpaired) electrons. The molecule has 0 spiro atoms. The summed E-state index contributed by atoms with van der Waals surface area (Å²) in [7, 11) is 0. The van der Waals surface area contributed by atoms with Crippen LogP contribution >= 0.6 is 0 Å². The highest BCUT2D eigenvalue weighted by atomic mass is 16.5. The molecule has 172 valence electrons. The summed E-state index contributed by atoms with van der Waals surface area (Å²) in [4.78, 5) is 0. The van der Waals surface area contributed by atoms with Crippen LogP contribution in [-0.2, 0) is 4.74 Å². The fourth-order valence-corrected chi connectivity index (χ4v) is 9.03. The third kappa shape index (κ3) is 3.95. The van der Waals surface area contributed by atoms with Crippen molar-refractivity contribution < 1.29 is 4.74 Å². The number of hydrogen-bond donors (Lipinski definition) is 0. The molecule has 0 saturated heterocycles. The van der Waals surface area contributed by atoms with E-state index in [2.05, 4.69) is 47.6 Å². The van der Waals surface area contributed by atoms with Crippen molar-refractivity contribution in [1.29, 1.82) is 0 Å². The standard InChI is InChI=1S/C29H50O/c1-7-30-23-15-17-28(5)22(19-23)11-12-24-26-14-13-25(21(4)10-8-9-20(2)3)29(26,6)18-16-27(24)28/h11,20-21,23-27H,7-10,12-19H2,1-6H3/t21?,23?,24-,25?,26-,27-,28-,29+/m0/s1. The summed E-state index contributed by atoms with van der Waals surface area (Å²) < 4.78 is 6.04. The number of fused-ring (bicyclic) bond motifs is 5. The molecule has 0 bridgehead atoms. The molecule has 0 amide bonds. The number of ether oxygens (including phenoxy) is 1. The third-order valence-electron chi connectivity index (χ3n) is 10.7. The van der Waals surface area contributed by atoms with E-state index in [4.69, 9.17) is 4.74 Å². The van der Waals surface area contributed by atoms with E-state index < -0.39 is 0 Å². The predicted octanol–water partition coefficient (Wildman–Crippen LogP) is 8.43. The van der Waals surface area contributed by atoms with E-state index in [0.29, 0.717) is 16.9 Å². The van der Waals surface area contributed by atoms with Gasteiger partial charge in [-0.25, -0.2) is 0 Å². The largest absolute Gasteiger partial charge is 0.378 e. The van der Waals surface area contributed by atoms with Gasteiger partial charge >= 0.3 is 0 Å². The lowest BCUT2D eigenvalue weighted by atomic mass is 9.47. The molecule has 0 aromatic heterocycles. The molecule has 3 saturated carbocycles. The van der Waals surface area contributed by atoms with Crippen molar-refractivity contribution in [2.45, 2.75) is 118 Å². The second-order valence-electron chi connectivity index (χ2n) is 12.6. The summed E-state index contributed by atoms with van der Waals surface area (Å²) in [6.07, 6.45) is 18.7. The highest BCUT2D eigenvalue weighted by Crippen LogP contribution is 2.67. The van der Waals surface area contributed by atoms with Gasteiger partial charge in [0.15, 0.2) is 0 Å². The Hall–Kier alpha value is -0.300. The molecule has 4 aliphatic rings. The van der Waals surface area contributed by atoms with Crippen LogP contribution in [0.5, 0.6) is 0 Å². The maximum atomic E-state index is 6.04. The molecule has 1 nitrogen and oxygen atoms in total. The zero-order chi connectivity index (χ0) is 21.5. The van der Waals surface area contributed by atoms with E-state index in [0.717, 1.165) is 42.1 Å². The van der Waals surface area contributed by atoms with Gasteiger partial charge in [-0.3, -0.25) is 0 Å². The molecule has 0 N–H and O–H groups in total. The minimum Gasteiger partial charge on any atom is -0.378 e. The molecule has 0 aliphatic heterocycles. The van der Waals surface area contributed by atoms with Gasteiger partial charge in [0.25, 0.3) is 0 Å². The number of rotatable bonds is 7. The summed E-state index contributed by atoms with van der Waals surface area (Å²) in [5.41, 5.74) is 2.86. The molecule has 1 heteroatoms. The van der Waals surface area contributed by atoms with Gasteiger partial charge in [0.1, 0.15) is 0 Å². The van der Waals surface area contributed by atoms with Crippen LogP contribution in [0.3, 0.4) is 0 Å². The van der Waals surface area contributed by atoms with E-state index in [9.17, 15) is 0 Å². The van der Waals surface area contributed by atoms with Crippen molar-refractivity contribution in [2.75, 3.05) is 6.61 Å². The van der Waals surface area contributed by atoms with E-state index in [1.165, 1.54) is 70.6 Å². The van der Waals surface area contributed by atoms with Crippen LogP contribution in [0.15, 0.2) is 11.6 Å². The Balaban J connectivity index is 1.47. The Kier molecular flexibility index (Phi) is 6.80. The van der Waals surface area contributed by atoms with E-state index in [1.807, 2.05) is 0 Å². The van der Waals surface area contributed by atoms with Crippen molar-refractivity contribution in [1.82, 2.24) is 0 Å². The van der Waals surface area contributed by atoms with Crippen molar-refractivity contribution in [3.63, 3.8) is 0 Å². The Morgan fingerprint density at radius 1 is 1.00 bits per heavy atom. The lowest BCUT2D eigenvalue weighted by molar-refractivity contribution is -0.0630. The van der Waals surface area contributed by atoms with E-state index >= 15 is 0 Å². The Morgan fingerprint density at radius 2 is 1.80 bits per heavy atom. The second kappa shape index (κ2) is 8.92. The molecule has 0 heterocycles. The van der Waals surface area contributed by atoms with Gasteiger partial charge in [0.2, 0.25) is 0 Å². The van der Waals surface area contributed by atoms with E-state index in [1.54, 1.807) is 5.57 Å². The zero-order valence-corrected chi connectivity index (χ0v) is 21.0. The summed E-state index contributed by atoms with van der Waals surface area (Å²) >= 11 is 0. The Morgan fingerprint density at radius 3 is 2.53 bits per heavy atom. The summed E-state index contributed by atoms with van der Waals surface area (Å²) in [5.74, 6) is 5.63. The first-order valence-corrected chi connectivity index (χ1v) is 13.6. The lowest BCUT2D eigenvalue weighted by Gasteiger charge is -2.58. The van der Waals surface area contributed by atoms with Crippen LogP contribution < -0.4 is 0 Å². The van der Waals surface area contributed by atoms with Gasteiger partial charge < -0.3 is 4.74 Å². The van der Waals surface area contributed by atoms with Crippen LogP contribution in [0, 0.1) is 46.3 Å². The van der Waals surface area contributed by atoms with Crippen molar-refractivity contribution in [2.24, 2.45) is 46.3 Å². The van der Waals surface area contributed by atoms with Crippen LogP contribution in [0.4, 0.5) is 0 Å². The summed E-state index contributed by atoms with van der Waals surface area (Å²) in [6.45, 7) is 15.7. The number of hydrogen-bond acceptors (Lipinski definition) is 1. The Labute approximate surface area is 187 Å². The van der Waals surface area contributed by atoms with Gasteiger partial charge in [-0.2, -0.15) is 0 Å². The molecule has 0 aromatic carbocycles. The Bertz CT molecular complexity index is 620. The molecule has 4 rings (SSSR count). The van der Waals surface area contributed by atoms with Crippen LogP contribution in [0.1, 0.15) is 112 Å². The molecule has 4 aliphatic carbocycles. The zero-order valence-electron chi connectivity index (χ0n) is 21.0. The highest BCUT2D eigenvalue weighted by Gasteiger charge is 2.59. The minimum absolute atomic E-state index is 0.471. The minimum atomic E-state index is 0.471. The molecule has 0 aromatic rings. The summed E-state index contributed by atoms with van der Waals surface area (Å²) in [5, 5.41) is 0. The van der Waals surface area contributed by atoms with E-state index in [-0.39, 0.29) is 0 Å². The molecular weight excluding hydrogens is 364 g/mol. The first kappa shape index (κ1) is 22.9. The van der Waals surface area contributed by atoms with Crippen LogP contribution in [-0.4, -0.2) is 12.7 Å². The molecule has 3 fully saturated rings. The topological polar surface area (TPSA) is 9.23 Å². The highest BCUT2D eigenvalue weighted by molar-refractivity contribution is 5.25. The first-order chi connectivity index (χ1) is 14.3. The van der Waals surface area contributed by atoms with Crippen molar-refractivity contribution in [3.05, 3.63) is 11.6 Å².